The highest BCUT2D eigenvalue weighted by atomic mass is 15.3. The molecule has 1 aromatic heterocycles. The molecule has 0 aliphatic rings. The number of nitrogens with one attached hydrogen (secondary N) is 1. The molecule has 0 fully saturated rings. The number of benzene rings is 3. The number of fused-ring (bicyclic) bond motifs is 1. The van der Waals surface area contributed by atoms with Gasteiger partial charge in [0.05, 0.1) is 22.4 Å². The molecule has 1 heterocycles. The van der Waals surface area contributed by atoms with Crippen molar-refractivity contribution in [2.45, 2.75) is 13.3 Å². The molecule has 0 spiro atoms. The molecule has 3 aromatic carbocycles. The van der Waals surface area contributed by atoms with Gasteiger partial charge in [-0.2, -0.15) is 5.10 Å². The molecule has 0 aliphatic carbocycles. The van der Waals surface area contributed by atoms with Crippen LogP contribution in [0.5, 0.6) is 0 Å². The zero-order valence-corrected chi connectivity index (χ0v) is 15.1. The summed E-state index contributed by atoms with van der Waals surface area (Å²) in [5.74, 6) is 0.688. The Morgan fingerprint density at radius 1 is 0.778 bits per heavy atom. The molecule has 4 heteroatoms. The van der Waals surface area contributed by atoms with Gasteiger partial charge in [-0.05, 0) is 30.2 Å². The van der Waals surface area contributed by atoms with Crippen molar-refractivity contribution in [3.63, 3.8) is 0 Å². The molecule has 0 aliphatic heterocycles. The molecule has 4 rings (SSSR count). The van der Waals surface area contributed by atoms with Crippen LogP contribution in [0.1, 0.15) is 23.7 Å². The third-order valence-corrected chi connectivity index (χ3v) is 4.38. The van der Waals surface area contributed by atoms with Gasteiger partial charge in [0.1, 0.15) is 0 Å². The number of rotatable bonds is 5. The van der Waals surface area contributed by atoms with Crippen molar-refractivity contribution < 1.29 is 0 Å². The van der Waals surface area contributed by atoms with Crippen LogP contribution in [-0.4, -0.2) is 15.7 Å². The van der Waals surface area contributed by atoms with Gasteiger partial charge >= 0.3 is 0 Å². The summed E-state index contributed by atoms with van der Waals surface area (Å²) in [4.78, 5) is 9.58. The summed E-state index contributed by atoms with van der Waals surface area (Å²) in [5, 5.41) is 4.54. The van der Waals surface area contributed by atoms with E-state index in [9.17, 15) is 0 Å². The second-order valence-corrected chi connectivity index (χ2v) is 6.35. The van der Waals surface area contributed by atoms with Crippen LogP contribution in [0.2, 0.25) is 0 Å². The lowest BCUT2D eigenvalue weighted by molar-refractivity contribution is 1.05. The summed E-state index contributed by atoms with van der Waals surface area (Å²) in [6.45, 7) is 1.98. The van der Waals surface area contributed by atoms with Gasteiger partial charge in [-0.15, -0.1) is 0 Å². The second kappa shape index (κ2) is 7.79. The normalized spacial score (nSPS) is 11.5. The minimum absolute atomic E-state index is 0.688. The quantitative estimate of drug-likeness (QED) is 0.403. The molecule has 132 valence electrons. The topological polar surface area (TPSA) is 50.2 Å². The highest BCUT2D eigenvalue weighted by Gasteiger charge is 2.10. The molecule has 0 unspecified atom stereocenters. The first-order chi connectivity index (χ1) is 13.3. The molecule has 4 aromatic rings. The number of nitrogens with zero attached hydrogens (tertiary/aromatic N) is 3. The van der Waals surface area contributed by atoms with E-state index in [0.29, 0.717) is 12.2 Å². The molecule has 0 saturated carbocycles. The maximum absolute atomic E-state index is 4.83. The van der Waals surface area contributed by atoms with Crippen LogP contribution in [0.3, 0.4) is 0 Å². The average molecular weight is 352 g/mol. The highest BCUT2D eigenvalue weighted by Crippen LogP contribution is 2.20. The van der Waals surface area contributed by atoms with E-state index in [1.807, 2.05) is 79.7 Å². The second-order valence-electron chi connectivity index (χ2n) is 6.35. The van der Waals surface area contributed by atoms with Crippen LogP contribution >= 0.6 is 0 Å². The number of hydrogen-bond donors (Lipinski definition) is 1. The largest absolute Gasteiger partial charge is 0.260 e. The smallest absolute Gasteiger partial charge is 0.169 e. The van der Waals surface area contributed by atoms with Crippen molar-refractivity contribution in [1.82, 2.24) is 9.97 Å². The number of hydrazone groups is 1. The molecule has 0 bridgehead atoms. The van der Waals surface area contributed by atoms with E-state index >= 15 is 0 Å². The van der Waals surface area contributed by atoms with Crippen molar-refractivity contribution in [3.05, 3.63) is 102 Å². The third kappa shape index (κ3) is 4.01. The van der Waals surface area contributed by atoms with E-state index in [1.165, 1.54) is 5.56 Å². The Morgan fingerprint density at radius 3 is 2.07 bits per heavy atom. The maximum atomic E-state index is 4.83. The van der Waals surface area contributed by atoms with Crippen molar-refractivity contribution >= 4 is 22.6 Å². The molecule has 0 atom stereocenters. The van der Waals surface area contributed by atoms with Crippen LogP contribution in [0.15, 0.2) is 90.0 Å². The Hall–Kier alpha value is -3.53. The minimum Gasteiger partial charge on any atom is -0.260 e. The monoisotopic (exact) mass is 352 g/mol. The standard InChI is InChI=1S/C23H20N4/c1-17(19-12-6-3-7-13-19)26-27-23-22(16-18-10-4-2-5-11-18)24-20-14-8-9-15-21(20)25-23/h2-15H,16H2,1H3,(H,25,27)/b26-17+. The van der Waals surface area contributed by atoms with Crippen molar-refractivity contribution in [3.8, 4) is 0 Å². The molecule has 0 amide bonds. The van der Waals surface area contributed by atoms with E-state index in [-0.39, 0.29) is 0 Å². The Bertz CT molecular complexity index is 1070. The summed E-state index contributed by atoms with van der Waals surface area (Å²) in [6, 6.07) is 28.3. The Balaban J connectivity index is 1.70. The van der Waals surface area contributed by atoms with Gasteiger partial charge in [-0.25, -0.2) is 9.97 Å². The van der Waals surface area contributed by atoms with Crippen molar-refractivity contribution in [1.29, 1.82) is 0 Å². The maximum Gasteiger partial charge on any atom is 0.169 e. The molecule has 27 heavy (non-hydrogen) atoms. The Kier molecular flexibility index (Phi) is 4.88. The summed E-state index contributed by atoms with van der Waals surface area (Å²) in [5.41, 5.74) is 8.92. The first-order valence-corrected chi connectivity index (χ1v) is 8.95. The summed E-state index contributed by atoms with van der Waals surface area (Å²) in [6.07, 6.45) is 0.695. The lowest BCUT2D eigenvalue weighted by Crippen LogP contribution is -2.06. The lowest BCUT2D eigenvalue weighted by atomic mass is 10.1. The summed E-state index contributed by atoms with van der Waals surface area (Å²) in [7, 11) is 0. The number of hydrogen-bond acceptors (Lipinski definition) is 4. The average Bonchev–Trinajstić information content (AvgIpc) is 2.73. The molecular formula is C23H20N4. The minimum atomic E-state index is 0.688. The van der Waals surface area contributed by atoms with Gasteiger partial charge in [0.15, 0.2) is 5.82 Å². The SMILES string of the molecule is C/C(=N\Nc1nc2ccccc2nc1Cc1ccccc1)c1ccccc1. The summed E-state index contributed by atoms with van der Waals surface area (Å²) >= 11 is 0. The van der Waals surface area contributed by atoms with E-state index in [1.54, 1.807) is 0 Å². The first kappa shape index (κ1) is 16.9. The zero-order valence-electron chi connectivity index (χ0n) is 15.1. The molecule has 1 N–H and O–H groups in total. The number of anilines is 1. The van der Waals surface area contributed by atoms with Gasteiger partial charge in [-0.3, -0.25) is 5.43 Å². The van der Waals surface area contributed by atoms with Gasteiger partial charge < -0.3 is 0 Å². The fourth-order valence-corrected chi connectivity index (χ4v) is 2.92. The van der Waals surface area contributed by atoms with Crippen LogP contribution in [0.25, 0.3) is 11.0 Å². The van der Waals surface area contributed by atoms with E-state index in [4.69, 9.17) is 9.97 Å². The number of para-hydroxylation sites is 2. The van der Waals surface area contributed by atoms with Crippen molar-refractivity contribution in [2.24, 2.45) is 5.10 Å². The van der Waals surface area contributed by atoms with Crippen LogP contribution < -0.4 is 5.43 Å². The fraction of sp³-hybridized carbons (Fsp3) is 0.0870. The van der Waals surface area contributed by atoms with Gasteiger partial charge in [-0.1, -0.05) is 72.8 Å². The van der Waals surface area contributed by atoms with Gasteiger partial charge in [0.2, 0.25) is 0 Å². The first-order valence-electron chi connectivity index (χ1n) is 8.95. The van der Waals surface area contributed by atoms with Gasteiger partial charge in [0.25, 0.3) is 0 Å². The molecular weight excluding hydrogens is 332 g/mol. The van der Waals surface area contributed by atoms with Crippen molar-refractivity contribution in [2.75, 3.05) is 5.43 Å². The highest BCUT2D eigenvalue weighted by molar-refractivity contribution is 5.99. The molecule has 4 nitrogen and oxygen atoms in total. The van der Waals surface area contributed by atoms with E-state index in [0.717, 1.165) is 28.0 Å². The zero-order chi connectivity index (χ0) is 18.5. The predicted octanol–water partition coefficient (Wildman–Crippen LogP) is 5.06. The molecule has 0 saturated heterocycles. The Morgan fingerprint density at radius 2 is 1.37 bits per heavy atom. The Labute approximate surface area is 158 Å². The lowest BCUT2D eigenvalue weighted by Gasteiger charge is -2.10. The van der Waals surface area contributed by atoms with Crippen LogP contribution in [0, 0.1) is 0 Å². The van der Waals surface area contributed by atoms with E-state index < -0.39 is 0 Å². The fourth-order valence-electron chi connectivity index (χ4n) is 2.92. The summed E-state index contributed by atoms with van der Waals surface area (Å²) < 4.78 is 0. The molecule has 0 radical (unpaired) electrons. The number of aromatic nitrogens is 2. The van der Waals surface area contributed by atoms with Gasteiger partial charge in [0, 0.05) is 6.42 Å². The van der Waals surface area contributed by atoms with E-state index in [2.05, 4.69) is 22.7 Å². The van der Waals surface area contributed by atoms with Crippen LogP contribution in [0.4, 0.5) is 5.82 Å². The van der Waals surface area contributed by atoms with Crippen LogP contribution in [-0.2, 0) is 6.42 Å². The predicted molar refractivity (Wildman–Crippen MR) is 111 cm³/mol. The third-order valence-electron chi connectivity index (χ3n) is 4.38.